The van der Waals surface area contributed by atoms with Crippen LogP contribution >= 0.6 is 0 Å². The van der Waals surface area contributed by atoms with Crippen LogP contribution in [0.5, 0.6) is 0 Å². The number of rotatable bonds is 14. The molecule has 5 heteroatoms. The zero-order valence-electron chi connectivity index (χ0n) is 13.7. The third-order valence-electron chi connectivity index (χ3n) is 3.46. The molecule has 124 valence electrons. The number of esters is 1. The Bertz CT molecular complexity index is 283. The SMILES string of the molecule is CCCCCCCCOC(=O)CCCN[C@@H](CC)C(N)=O. The highest BCUT2D eigenvalue weighted by Gasteiger charge is 2.11. The second-order valence-corrected chi connectivity index (χ2v) is 5.41. The zero-order chi connectivity index (χ0) is 15.9. The van der Waals surface area contributed by atoms with Crippen LogP contribution in [0.2, 0.25) is 0 Å². The fraction of sp³-hybridized carbons (Fsp3) is 0.875. The van der Waals surface area contributed by atoms with Crippen LogP contribution in [0.3, 0.4) is 0 Å². The van der Waals surface area contributed by atoms with Crippen LogP contribution in [0.4, 0.5) is 0 Å². The summed E-state index contributed by atoms with van der Waals surface area (Å²) in [6.07, 6.45) is 8.83. The number of carbonyl (C=O) groups is 2. The van der Waals surface area contributed by atoms with E-state index in [0.717, 1.165) is 12.8 Å². The number of amides is 1. The molecule has 0 aliphatic heterocycles. The predicted octanol–water partition coefficient (Wildman–Crippen LogP) is 2.52. The van der Waals surface area contributed by atoms with Gasteiger partial charge >= 0.3 is 5.97 Å². The van der Waals surface area contributed by atoms with Crippen molar-refractivity contribution >= 4 is 11.9 Å². The van der Waals surface area contributed by atoms with Crippen molar-refractivity contribution in [3.8, 4) is 0 Å². The van der Waals surface area contributed by atoms with E-state index in [4.69, 9.17) is 10.5 Å². The fourth-order valence-electron chi connectivity index (χ4n) is 2.10. The van der Waals surface area contributed by atoms with Gasteiger partial charge in [0.1, 0.15) is 0 Å². The van der Waals surface area contributed by atoms with Crippen LogP contribution in [0, 0.1) is 0 Å². The molecule has 1 amide bonds. The first kappa shape index (κ1) is 19.9. The quantitative estimate of drug-likeness (QED) is 0.381. The van der Waals surface area contributed by atoms with Crippen molar-refractivity contribution in [2.45, 2.75) is 77.7 Å². The third-order valence-corrected chi connectivity index (χ3v) is 3.46. The minimum Gasteiger partial charge on any atom is -0.466 e. The van der Waals surface area contributed by atoms with Crippen LogP contribution in [-0.2, 0) is 14.3 Å². The molecule has 0 saturated carbocycles. The van der Waals surface area contributed by atoms with Crippen molar-refractivity contribution in [1.82, 2.24) is 5.32 Å². The Morgan fingerprint density at radius 2 is 1.71 bits per heavy atom. The molecule has 0 aliphatic carbocycles. The van der Waals surface area contributed by atoms with Gasteiger partial charge in [0.25, 0.3) is 0 Å². The number of nitrogens with two attached hydrogens (primary N) is 1. The molecule has 1 atom stereocenters. The predicted molar refractivity (Wildman–Crippen MR) is 84.8 cm³/mol. The van der Waals surface area contributed by atoms with Crippen molar-refractivity contribution < 1.29 is 14.3 Å². The molecule has 0 aliphatic rings. The van der Waals surface area contributed by atoms with Crippen LogP contribution in [-0.4, -0.2) is 31.1 Å². The van der Waals surface area contributed by atoms with Crippen molar-refractivity contribution in [1.29, 1.82) is 0 Å². The second kappa shape index (κ2) is 13.9. The first-order valence-corrected chi connectivity index (χ1v) is 8.30. The van der Waals surface area contributed by atoms with Crippen molar-refractivity contribution in [2.24, 2.45) is 5.73 Å². The first-order valence-electron chi connectivity index (χ1n) is 8.30. The normalized spacial score (nSPS) is 12.1. The molecule has 0 unspecified atom stereocenters. The molecule has 0 bridgehead atoms. The minimum absolute atomic E-state index is 0.155. The van der Waals surface area contributed by atoms with Gasteiger partial charge in [0.15, 0.2) is 0 Å². The average molecular weight is 300 g/mol. The maximum absolute atomic E-state index is 11.5. The fourth-order valence-corrected chi connectivity index (χ4v) is 2.10. The molecule has 0 aromatic rings. The molecule has 5 nitrogen and oxygen atoms in total. The second-order valence-electron chi connectivity index (χ2n) is 5.41. The van der Waals surface area contributed by atoms with Gasteiger partial charge in [-0.1, -0.05) is 46.0 Å². The van der Waals surface area contributed by atoms with Gasteiger partial charge in [-0.2, -0.15) is 0 Å². The molecule has 0 aromatic heterocycles. The molecule has 0 rings (SSSR count). The van der Waals surface area contributed by atoms with Crippen LogP contribution < -0.4 is 11.1 Å². The highest BCUT2D eigenvalue weighted by Crippen LogP contribution is 2.05. The number of unbranched alkanes of at least 4 members (excludes halogenated alkanes) is 5. The Morgan fingerprint density at radius 3 is 2.33 bits per heavy atom. The summed E-state index contributed by atoms with van der Waals surface area (Å²) in [6, 6.07) is -0.302. The van der Waals surface area contributed by atoms with Gasteiger partial charge < -0.3 is 15.8 Å². The Labute approximate surface area is 129 Å². The van der Waals surface area contributed by atoms with E-state index in [-0.39, 0.29) is 17.9 Å². The third kappa shape index (κ3) is 12.4. The van der Waals surface area contributed by atoms with Gasteiger partial charge in [-0.25, -0.2) is 0 Å². The van der Waals surface area contributed by atoms with E-state index in [9.17, 15) is 9.59 Å². The van der Waals surface area contributed by atoms with E-state index in [2.05, 4.69) is 12.2 Å². The van der Waals surface area contributed by atoms with Crippen LogP contribution in [0.15, 0.2) is 0 Å². The molecular weight excluding hydrogens is 268 g/mol. The van der Waals surface area contributed by atoms with Gasteiger partial charge in [-0.3, -0.25) is 9.59 Å². The molecule has 0 aromatic carbocycles. The summed E-state index contributed by atoms with van der Waals surface area (Å²) in [5.74, 6) is -0.499. The molecule has 3 N–H and O–H groups in total. The smallest absolute Gasteiger partial charge is 0.305 e. The monoisotopic (exact) mass is 300 g/mol. The number of hydrogen-bond donors (Lipinski definition) is 2. The Kier molecular flexibility index (Phi) is 13.1. The van der Waals surface area contributed by atoms with Crippen LogP contribution in [0.1, 0.15) is 71.6 Å². The highest BCUT2D eigenvalue weighted by molar-refractivity contribution is 5.79. The summed E-state index contributed by atoms with van der Waals surface area (Å²) in [5, 5.41) is 3.04. The van der Waals surface area contributed by atoms with E-state index in [1.54, 1.807) is 0 Å². The van der Waals surface area contributed by atoms with E-state index >= 15 is 0 Å². The summed E-state index contributed by atoms with van der Waals surface area (Å²) in [5.41, 5.74) is 5.22. The lowest BCUT2D eigenvalue weighted by Crippen LogP contribution is -2.41. The molecule has 0 saturated heterocycles. The Morgan fingerprint density at radius 1 is 1.05 bits per heavy atom. The molecule has 0 spiro atoms. The zero-order valence-corrected chi connectivity index (χ0v) is 13.7. The largest absolute Gasteiger partial charge is 0.466 e. The molecular formula is C16H32N2O3. The summed E-state index contributed by atoms with van der Waals surface area (Å²) < 4.78 is 5.17. The Balaban J connectivity index is 3.40. The van der Waals surface area contributed by atoms with Gasteiger partial charge in [0, 0.05) is 6.42 Å². The van der Waals surface area contributed by atoms with Gasteiger partial charge in [0.2, 0.25) is 5.91 Å². The number of ether oxygens (including phenoxy) is 1. The van der Waals surface area contributed by atoms with Crippen molar-refractivity contribution in [3.63, 3.8) is 0 Å². The summed E-state index contributed by atoms with van der Waals surface area (Å²) >= 11 is 0. The van der Waals surface area contributed by atoms with E-state index in [1.165, 1.54) is 25.7 Å². The maximum Gasteiger partial charge on any atom is 0.305 e. The Hall–Kier alpha value is -1.10. The van der Waals surface area contributed by atoms with Gasteiger partial charge in [-0.15, -0.1) is 0 Å². The van der Waals surface area contributed by atoms with Gasteiger partial charge in [0.05, 0.1) is 12.6 Å². The number of hydrogen-bond acceptors (Lipinski definition) is 4. The van der Waals surface area contributed by atoms with Crippen LogP contribution in [0.25, 0.3) is 0 Å². The number of primary amides is 1. The lowest BCUT2D eigenvalue weighted by molar-refractivity contribution is -0.143. The van der Waals surface area contributed by atoms with E-state index in [0.29, 0.717) is 32.4 Å². The minimum atomic E-state index is -0.344. The highest BCUT2D eigenvalue weighted by atomic mass is 16.5. The summed E-state index contributed by atoms with van der Waals surface area (Å²) in [6.45, 7) is 5.23. The maximum atomic E-state index is 11.5. The molecule has 0 fully saturated rings. The van der Waals surface area contributed by atoms with E-state index < -0.39 is 0 Å². The standard InChI is InChI=1S/C16H32N2O3/c1-3-5-6-7-8-9-13-21-15(19)11-10-12-18-14(4-2)16(17)20/h14,18H,3-13H2,1-2H3,(H2,17,20)/t14-/m0/s1. The summed E-state index contributed by atoms with van der Waals surface area (Å²) in [4.78, 5) is 22.5. The number of nitrogens with one attached hydrogen (secondary N) is 1. The lowest BCUT2D eigenvalue weighted by atomic mass is 10.1. The summed E-state index contributed by atoms with van der Waals surface area (Å²) in [7, 11) is 0. The van der Waals surface area contributed by atoms with Gasteiger partial charge in [-0.05, 0) is 25.8 Å². The van der Waals surface area contributed by atoms with E-state index in [1.807, 2.05) is 6.92 Å². The average Bonchev–Trinajstić information content (AvgIpc) is 2.46. The topological polar surface area (TPSA) is 81.4 Å². The lowest BCUT2D eigenvalue weighted by Gasteiger charge is -2.12. The first-order chi connectivity index (χ1) is 10.1. The number of carbonyl (C=O) groups excluding carboxylic acids is 2. The van der Waals surface area contributed by atoms with Crippen molar-refractivity contribution in [3.05, 3.63) is 0 Å². The molecule has 0 heterocycles. The molecule has 0 radical (unpaired) electrons. The molecule has 21 heavy (non-hydrogen) atoms. The van der Waals surface area contributed by atoms with Crippen molar-refractivity contribution in [2.75, 3.05) is 13.2 Å².